The van der Waals surface area contributed by atoms with Crippen LogP contribution in [0.1, 0.15) is 22.8 Å². The largest absolute Gasteiger partial charge is 0.507 e. The van der Waals surface area contributed by atoms with E-state index in [4.69, 9.17) is 5.26 Å². The molecule has 0 aromatic heterocycles. The molecule has 3 aromatic rings. The molecule has 0 fully saturated rings. The van der Waals surface area contributed by atoms with Crippen LogP contribution in [0.4, 0.5) is 5.69 Å². The number of phenols is 1. The Kier molecular flexibility index (Phi) is 5.76. The van der Waals surface area contributed by atoms with E-state index in [2.05, 4.69) is 16.2 Å². The maximum absolute atomic E-state index is 12.4. The average molecular weight is 386 g/mol. The molecule has 0 atom stereocenters. The van der Waals surface area contributed by atoms with Crippen LogP contribution in [0.15, 0.2) is 72.4 Å². The van der Waals surface area contributed by atoms with Crippen molar-refractivity contribution in [2.75, 3.05) is 5.32 Å². The lowest BCUT2D eigenvalue weighted by atomic mass is 10.1. The first kappa shape index (κ1) is 19.5. The summed E-state index contributed by atoms with van der Waals surface area (Å²) in [7, 11) is 0. The molecule has 2 amide bonds. The minimum atomic E-state index is -0.545. The number of nitriles is 1. The van der Waals surface area contributed by atoms with Gasteiger partial charge in [-0.25, -0.2) is 0 Å². The van der Waals surface area contributed by atoms with Crippen LogP contribution in [0.3, 0.4) is 0 Å². The van der Waals surface area contributed by atoms with Gasteiger partial charge in [-0.05, 0) is 42.0 Å². The van der Waals surface area contributed by atoms with Crippen LogP contribution >= 0.6 is 0 Å². The van der Waals surface area contributed by atoms with E-state index >= 15 is 0 Å². The van der Waals surface area contributed by atoms with E-state index in [0.29, 0.717) is 16.9 Å². The molecule has 0 bridgehead atoms. The smallest absolute Gasteiger partial charge is 0.273 e. The number of allylic oxidation sites excluding steroid dienone is 1. The molecule has 0 unspecified atom stereocenters. The third kappa shape index (κ3) is 4.70. The first-order chi connectivity index (χ1) is 14.0. The molecule has 0 aliphatic rings. The topological polar surface area (TPSA) is 114 Å². The second-order valence-electron chi connectivity index (χ2n) is 6.27. The predicted molar refractivity (Wildman–Crippen MR) is 110 cm³/mol. The first-order valence-electron chi connectivity index (χ1n) is 8.74. The molecule has 7 nitrogen and oxygen atoms in total. The molecule has 0 saturated heterocycles. The van der Waals surface area contributed by atoms with Gasteiger partial charge in [-0.3, -0.25) is 15.0 Å². The van der Waals surface area contributed by atoms with Crippen molar-refractivity contribution in [3.8, 4) is 11.8 Å². The van der Waals surface area contributed by atoms with E-state index in [1.807, 2.05) is 30.3 Å². The summed E-state index contributed by atoms with van der Waals surface area (Å²) in [4.78, 5) is 24.5. The monoisotopic (exact) mass is 386 g/mol. The third-order valence-electron chi connectivity index (χ3n) is 4.13. The van der Waals surface area contributed by atoms with E-state index < -0.39 is 11.8 Å². The second kappa shape index (κ2) is 8.59. The van der Waals surface area contributed by atoms with Crippen LogP contribution in [-0.2, 0) is 4.79 Å². The number of amides is 2. The molecule has 29 heavy (non-hydrogen) atoms. The number of rotatable bonds is 5. The maximum atomic E-state index is 12.4. The quantitative estimate of drug-likeness (QED) is 0.397. The Morgan fingerprint density at radius 2 is 1.66 bits per heavy atom. The Hall–Kier alpha value is -4.31. The van der Waals surface area contributed by atoms with Crippen LogP contribution in [-0.4, -0.2) is 16.9 Å². The van der Waals surface area contributed by atoms with Gasteiger partial charge >= 0.3 is 0 Å². The summed E-state index contributed by atoms with van der Waals surface area (Å²) in [6, 6.07) is 19.1. The number of nitrogens with zero attached hydrogens (tertiary/aromatic N) is 1. The summed E-state index contributed by atoms with van der Waals surface area (Å²) in [5.41, 5.74) is 6.29. The molecule has 0 heterocycles. The van der Waals surface area contributed by atoms with Gasteiger partial charge in [0.2, 0.25) is 5.91 Å². The van der Waals surface area contributed by atoms with E-state index in [9.17, 15) is 14.7 Å². The van der Waals surface area contributed by atoms with Crippen LogP contribution in [0, 0.1) is 11.3 Å². The molecule has 144 valence electrons. The van der Waals surface area contributed by atoms with E-state index in [0.717, 1.165) is 10.8 Å². The number of anilines is 1. The second-order valence-corrected chi connectivity index (χ2v) is 6.27. The van der Waals surface area contributed by atoms with Gasteiger partial charge in [0.15, 0.2) is 0 Å². The number of carbonyl (C=O) groups is 2. The molecule has 0 radical (unpaired) electrons. The van der Waals surface area contributed by atoms with Crippen LogP contribution in [0.5, 0.6) is 5.75 Å². The summed E-state index contributed by atoms with van der Waals surface area (Å²) < 4.78 is 0. The Morgan fingerprint density at radius 1 is 1.00 bits per heavy atom. The van der Waals surface area contributed by atoms with Crippen molar-refractivity contribution >= 4 is 28.3 Å². The number of hydrogen-bond donors (Lipinski definition) is 4. The van der Waals surface area contributed by atoms with Crippen molar-refractivity contribution in [2.24, 2.45) is 0 Å². The summed E-state index contributed by atoms with van der Waals surface area (Å²) >= 11 is 0. The molecule has 0 aliphatic heterocycles. The average Bonchev–Trinajstić information content (AvgIpc) is 2.71. The van der Waals surface area contributed by atoms with Gasteiger partial charge in [-0.2, -0.15) is 5.26 Å². The molecule has 3 rings (SSSR count). The van der Waals surface area contributed by atoms with Crippen molar-refractivity contribution in [1.82, 2.24) is 10.9 Å². The van der Waals surface area contributed by atoms with E-state index in [-0.39, 0.29) is 11.3 Å². The minimum Gasteiger partial charge on any atom is -0.507 e. The van der Waals surface area contributed by atoms with Gasteiger partial charge in [0.25, 0.3) is 5.91 Å². The summed E-state index contributed by atoms with van der Waals surface area (Å²) in [6.07, 6.45) is 1.24. The number of phenolic OH excluding ortho intramolecular Hbond substituents is 1. The summed E-state index contributed by atoms with van der Waals surface area (Å²) in [6.45, 7) is 1.59. The summed E-state index contributed by atoms with van der Waals surface area (Å²) in [5.74, 6) is -1.15. The number of carbonyl (C=O) groups excluding carboxylic acids is 2. The first-order valence-corrected chi connectivity index (χ1v) is 8.74. The number of nitrogens with one attached hydrogen (secondary N) is 3. The Balaban J connectivity index is 1.64. The van der Waals surface area contributed by atoms with Gasteiger partial charge in [-0.15, -0.1) is 0 Å². The Morgan fingerprint density at radius 3 is 2.38 bits per heavy atom. The number of fused-ring (bicyclic) bond motifs is 1. The number of hydrogen-bond acceptors (Lipinski definition) is 5. The highest BCUT2D eigenvalue weighted by Crippen LogP contribution is 2.24. The van der Waals surface area contributed by atoms with Crippen molar-refractivity contribution in [1.29, 1.82) is 5.26 Å². The van der Waals surface area contributed by atoms with Crippen molar-refractivity contribution in [2.45, 2.75) is 6.92 Å². The fourth-order valence-electron chi connectivity index (χ4n) is 2.72. The van der Waals surface area contributed by atoms with Crippen LogP contribution < -0.4 is 16.2 Å². The molecule has 0 aliphatic carbocycles. The maximum Gasteiger partial charge on any atom is 0.273 e. The Labute approximate surface area is 167 Å². The summed E-state index contributed by atoms with van der Waals surface area (Å²) in [5, 5.41) is 23.4. The zero-order valence-corrected chi connectivity index (χ0v) is 15.6. The fraction of sp³-hybridized carbons (Fsp3) is 0.0455. The van der Waals surface area contributed by atoms with Gasteiger partial charge in [-0.1, -0.05) is 36.4 Å². The number of hydrazine groups is 1. The molecule has 7 heteroatoms. The van der Waals surface area contributed by atoms with Crippen LogP contribution in [0.2, 0.25) is 0 Å². The van der Waals surface area contributed by atoms with E-state index in [1.165, 1.54) is 12.1 Å². The number of para-hydroxylation sites is 1. The zero-order chi connectivity index (χ0) is 20.8. The molecular formula is C22H18N4O3. The van der Waals surface area contributed by atoms with Gasteiger partial charge in [0, 0.05) is 11.8 Å². The molecule has 0 saturated carbocycles. The molecule has 4 N–H and O–H groups in total. The molecule has 0 spiro atoms. The lowest BCUT2D eigenvalue weighted by molar-refractivity contribution is -0.112. The standard InChI is InChI=1S/C22H18N4O3/c1-14(10-21(28)24-19-9-5-4-8-17(19)13-23)25-26-22(29)18-11-15-6-2-3-7-16(15)12-20(18)27/h2-12,25,27H,1H3,(H,24,28)(H,26,29)/b14-10-. The van der Waals surface area contributed by atoms with Gasteiger partial charge in [0.1, 0.15) is 11.8 Å². The lowest BCUT2D eigenvalue weighted by Gasteiger charge is -2.11. The number of aromatic hydroxyl groups is 1. The molecule has 3 aromatic carbocycles. The van der Waals surface area contributed by atoms with Gasteiger partial charge in [0.05, 0.1) is 16.8 Å². The SMILES string of the molecule is C/C(=C/C(=O)Nc1ccccc1C#N)NNC(=O)c1cc2ccccc2cc1O. The fourth-order valence-corrected chi connectivity index (χ4v) is 2.72. The van der Waals surface area contributed by atoms with Crippen molar-refractivity contribution < 1.29 is 14.7 Å². The van der Waals surface area contributed by atoms with Crippen molar-refractivity contribution in [3.63, 3.8) is 0 Å². The normalized spacial score (nSPS) is 10.8. The highest BCUT2D eigenvalue weighted by molar-refractivity contribution is 6.02. The zero-order valence-electron chi connectivity index (χ0n) is 15.6. The third-order valence-corrected chi connectivity index (χ3v) is 4.13. The predicted octanol–water partition coefficient (Wildman–Crippen LogP) is 3.19. The Bertz CT molecular complexity index is 1160. The molecular weight excluding hydrogens is 368 g/mol. The van der Waals surface area contributed by atoms with Crippen molar-refractivity contribution in [3.05, 3.63) is 83.6 Å². The van der Waals surface area contributed by atoms with Gasteiger partial charge < -0.3 is 15.8 Å². The minimum absolute atomic E-state index is 0.108. The van der Waals surface area contributed by atoms with Crippen LogP contribution in [0.25, 0.3) is 10.8 Å². The lowest BCUT2D eigenvalue weighted by Crippen LogP contribution is -2.36. The van der Waals surface area contributed by atoms with E-state index in [1.54, 1.807) is 37.3 Å². The highest BCUT2D eigenvalue weighted by atomic mass is 16.3. The highest BCUT2D eigenvalue weighted by Gasteiger charge is 2.12. The number of benzene rings is 3.